The van der Waals surface area contributed by atoms with E-state index in [4.69, 9.17) is 9.15 Å². The molecule has 1 atom stereocenters. The average Bonchev–Trinajstić information content (AvgIpc) is 3.03. The van der Waals surface area contributed by atoms with E-state index in [-0.39, 0.29) is 18.7 Å². The number of furan rings is 1. The van der Waals surface area contributed by atoms with Crippen molar-refractivity contribution in [3.63, 3.8) is 0 Å². The maximum absolute atomic E-state index is 11.7. The third-order valence-electron chi connectivity index (χ3n) is 3.07. The summed E-state index contributed by atoms with van der Waals surface area (Å²) in [7, 11) is 0. The highest BCUT2D eigenvalue weighted by atomic mass is 16.5. The summed E-state index contributed by atoms with van der Waals surface area (Å²) in [6, 6.07) is 10.4. The van der Waals surface area contributed by atoms with E-state index in [2.05, 4.69) is 10.6 Å². The van der Waals surface area contributed by atoms with Gasteiger partial charge in [-0.15, -0.1) is 0 Å². The zero-order valence-corrected chi connectivity index (χ0v) is 13.3. The van der Waals surface area contributed by atoms with Crippen LogP contribution in [0.25, 0.3) is 0 Å². The maximum atomic E-state index is 11.7. The molecule has 0 saturated heterocycles. The van der Waals surface area contributed by atoms with E-state index in [1.165, 1.54) is 0 Å². The molecule has 2 rings (SSSR count). The van der Waals surface area contributed by atoms with Gasteiger partial charge in [-0.1, -0.05) is 12.1 Å². The lowest BCUT2D eigenvalue weighted by Crippen LogP contribution is -2.37. The number of hydrogen-bond acceptors (Lipinski definition) is 4. The van der Waals surface area contributed by atoms with E-state index in [0.717, 1.165) is 0 Å². The van der Waals surface area contributed by atoms with Crippen LogP contribution in [0.3, 0.4) is 0 Å². The molecule has 2 aromatic rings. The summed E-state index contributed by atoms with van der Waals surface area (Å²) in [5.74, 6) is 1.36. The number of nitrogens with one attached hydrogen (secondary N) is 2. The van der Waals surface area contributed by atoms with Crippen LogP contribution < -0.4 is 15.4 Å². The number of rotatable bonds is 7. The summed E-state index contributed by atoms with van der Waals surface area (Å²) in [5.41, 5.74) is 0.689. The number of hydrogen-bond donors (Lipinski definition) is 3. The first kappa shape index (κ1) is 16.9. The van der Waals surface area contributed by atoms with Gasteiger partial charge in [0.25, 0.3) is 0 Å². The van der Waals surface area contributed by atoms with Gasteiger partial charge in [-0.25, -0.2) is 4.79 Å². The van der Waals surface area contributed by atoms with E-state index in [9.17, 15) is 9.90 Å². The first-order valence-electron chi connectivity index (χ1n) is 7.53. The van der Waals surface area contributed by atoms with Gasteiger partial charge in [-0.3, -0.25) is 0 Å². The van der Waals surface area contributed by atoms with Gasteiger partial charge in [-0.2, -0.15) is 0 Å². The molecule has 6 heteroatoms. The van der Waals surface area contributed by atoms with Crippen LogP contribution in [0, 0.1) is 0 Å². The topological polar surface area (TPSA) is 83.7 Å². The molecule has 3 N–H and O–H groups in total. The van der Waals surface area contributed by atoms with Crippen molar-refractivity contribution in [2.24, 2.45) is 0 Å². The SMILES string of the molecule is CC(C)Oc1cccc(C(O)CNC(=O)NCc2ccco2)c1. The number of aliphatic hydroxyl groups excluding tert-OH is 1. The lowest BCUT2D eigenvalue weighted by atomic mass is 10.1. The van der Waals surface area contributed by atoms with Gasteiger partial charge in [-0.05, 0) is 43.7 Å². The Hall–Kier alpha value is -2.47. The van der Waals surface area contributed by atoms with Gasteiger partial charge in [0, 0.05) is 6.54 Å². The van der Waals surface area contributed by atoms with Crippen molar-refractivity contribution in [3.05, 3.63) is 54.0 Å². The minimum absolute atomic E-state index is 0.0629. The normalized spacial score (nSPS) is 12.0. The third-order valence-corrected chi connectivity index (χ3v) is 3.07. The Balaban J connectivity index is 1.79. The fourth-order valence-corrected chi connectivity index (χ4v) is 2.02. The number of ether oxygens (including phenoxy) is 1. The van der Waals surface area contributed by atoms with Gasteiger partial charge < -0.3 is 24.9 Å². The smallest absolute Gasteiger partial charge is 0.315 e. The standard InChI is InChI=1S/C17H22N2O4/c1-12(2)23-14-6-3-5-13(9-14)16(20)11-19-17(21)18-10-15-7-4-8-22-15/h3-9,12,16,20H,10-11H2,1-2H3,(H2,18,19,21). The molecule has 0 aliphatic heterocycles. The van der Waals surface area contributed by atoms with Gasteiger partial charge in [0.05, 0.1) is 25.0 Å². The van der Waals surface area contributed by atoms with Gasteiger partial charge in [0.1, 0.15) is 11.5 Å². The summed E-state index contributed by atoms with van der Waals surface area (Å²) in [6.45, 7) is 4.28. The van der Waals surface area contributed by atoms with Crippen molar-refractivity contribution in [1.29, 1.82) is 0 Å². The van der Waals surface area contributed by atoms with Gasteiger partial charge in [0.15, 0.2) is 0 Å². The molecule has 1 aromatic carbocycles. The van der Waals surface area contributed by atoms with E-state index >= 15 is 0 Å². The number of carbonyl (C=O) groups excluding carboxylic acids is 1. The molecule has 0 bridgehead atoms. The van der Waals surface area contributed by atoms with Crippen LogP contribution >= 0.6 is 0 Å². The third kappa shape index (κ3) is 5.67. The molecular formula is C17H22N2O4. The minimum atomic E-state index is -0.805. The summed E-state index contributed by atoms with van der Waals surface area (Å²) >= 11 is 0. The van der Waals surface area contributed by atoms with Crippen LogP contribution in [0.1, 0.15) is 31.3 Å². The molecule has 1 unspecified atom stereocenters. The van der Waals surface area contributed by atoms with Crippen molar-refractivity contribution in [3.8, 4) is 5.75 Å². The van der Waals surface area contributed by atoms with Crippen LogP contribution in [-0.2, 0) is 6.54 Å². The maximum Gasteiger partial charge on any atom is 0.315 e. The second-order valence-electron chi connectivity index (χ2n) is 5.40. The van der Waals surface area contributed by atoms with Crippen LogP contribution in [0.15, 0.2) is 47.1 Å². The van der Waals surface area contributed by atoms with Crippen LogP contribution in [-0.4, -0.2) is 23.8 Å². The van der Waals surface area contributed by atoms with Crippen molar-refractivity contribution in [1.82, 2.24) is 10.6 Å². The lowest BCUT2D eigenvalue weighted by molar-refractivity contribution is 0.172. The van der Waals surface area contributed by atoms with Crippen LogP contribution in [0.4, 0.5) is 4.79 Å². The van der Waals surface area contributed by atoms with Crippen molar-refractivity contribution < 1.29 is 19.1 Å². The molecule has 0 aliphatic rings. The molecule has 6 nitrogen and oxygen atoms in total. The number of carbonyl (C=O) groups is 1. The Morgan fingerprint density at radius 2 is 2.09 bits per heavy atom. The zero-order valence-electron chi connectivity index (χ0n) is 13.3. The van der Waals surface area contributed by atoms with E-state index in [1.807, 2.05) is 26.0 Å². The molecule has 0 radical (unpaired) electrons. The number of benzene rings is 1. The first-order chi connectivity index (χ1) is 11.0. The van der Waals surface area contributed by atoms with E-state index < -0.39 is 6.10 Å². The molecule has 0 saturated carbocycles. The van der Waals surface area contributed by atoms with Crippen molar-refractivity contribution in [2.45, 2.75) is 32.6 Å². The van der Waals surface area contributed by atoms with E-state index in [0.29, 0.717) is 23.6 Å². The zero-order chi connectivity index (χ0) is 16.7. The summed E-state index contributed by atoms with van der Waals surface area (Å²) < 4.78 is 10.7. The van der Waals surface area contributed by atoms with Crippen LogP contribution in [0.5, 0.6) is 5.75 Å². The van der Waals surface area contributed by atoms with E-state index in [1.54, 1.807) is 30.5 Å². The molecular weight excluding hydrogens is 296 g/mol. The Morgan fingerprint density at radius 1 is 1.26 bits per heavy atom. The second kappa shape index (κ2) is 8.24. The predicted octanol–water partition coefficient (Wildman–Crippen LogP) is 2.60. The lowest BCUT2D eigenvalue weighted by Gasteiger charge is -2.15. The molecule has 1 heterocycles. The summed E-state index contributed by atoms with van der Waals surface area (Å²) in [6.07, 6.45) is 0.804. The Bertz CT molecular complexity index is 611. The highest BCUT2D eigenvalue weighted by molar-refractivity contribution is 5.73. The second-order valence-corrected chi connectivity index (χ2v) is 5.40. The Kier molecular flexibility index (Phi) is 6.05. The summed E-state index contributed by atoms with van der Waals surface area (Å²) in [5, 5.41) is 15.4. The number of amides is 2. The fraction of sp³-hybridized carbons (Fsp3) is 0.353. The molecule has 0 aliphatic carbocycles. The quantitative estimate of drug-likeness (QED) is 0.733. The summed E-state index contributed by atoms with van der Waals surface area (Å²) in [4.78, 5) is 11.7. The molecule has 23 heavy (non-hydrogen) atoms. The molecule has 1 aromatic heterocycles. The highest BCUT2D eigenvalue weighted by Crippen LogP contribution is 2.19. The predicted molar refractivity (Wildman–Crippen MR) is 86.1 cm³/mol. The van der Waals surface area contributed by atoms with Crippen LogP contribution in [0.2, 0.25) is 0 Å². The van der Waals surface area contributed by atoms with Gasteiger partial charge in [0.2, 0.25) is 0 Å². The van der Waals surface area contributed by atoms with Crippen molar-refractivity contribution >= 4 is 6.03 Å². The molecule has 0 fully saturated rings. The monoisotopic (exact) mass is 318 g/mol. The number of urea groups is 1. The van der Waals surface area contributed by atoms with Gasteiger partial charge >= 0.3 is 6.03 Å². The largest absolute Gasteiger partial charge is 0.491 e. The Morgan fingerprint density at radius 3 is 2.78 bits per heavy atom. The highest BCUT2D eigenvalue weighted by Gasteiger charge is 2.11. The fourth-order valence-electron chi connectivity index (χ4n) is 2.02. The van der Waals surface area contributed by atoms with Crippen molar-refractivity contribution in [2.75, 3.05) is 6.54 Å². The molecule has 2 amide bonds. The average molecular weight is 318 g/mol. The number of aliphatic hydroxyl groups is 1. The molecule has 0 spiro atoms. The minimum Gasteiger partial charge on any atom is -0.491 e. The first-order valence-corrected chi connectivity index (χ1v) is 7.53. The Labute approximate surface area is 135 Å². The molecule has 124 valence electrons.